The molecule has 0 radical (unpaired) electrons. The summed E-state index contributed by atoms with van der Waals surface area (Å²) >= 11 is 0. The summed E-state index contributed by atoms with van der Waals surface area (Å²) in [4.78, 5) is 8.23. The standard InChI is InChI=1S/C21H18FN3O2/c1-15-3-8-19(13-24-15)26-9-2-10-27-21-14-25-18(12-23)11-20(21)16-4-6-17(22)7-5-16/h3-8,11,13-14H,2,9-10H2,1H3. The second-order valence-electron chi connectivity index (χ2n) is 5.87. The van der Waals surface area contributed by atoms with Crippen LogP contribution in [0.3, 0.4) is 0 Å². The molecule has 136 valence electrons. The molecule has 0 amide bonds. The average Bonchev–Trinajstić information content (AvgIpc) is 2.70. The molecule has 0 unspecified atom stereocenters. The number of aromatic nitrogens is 2. The lowest BCUT2D eigenvalue weighted by molar-refractivity contribution is 0.247. The number of ether oxygens (including phenoxy) is 2. The molecule has 3 aromatic rings. The van der Waals surface area contributed by atoms with Gasteiger partial charge >= 0.3 is 0 Å². The van der Waals surface area contributed by atoms with E-state index < -0.39 is 0 Å². The van der Waals surface area contributed by atoms with Crippen molar-refractivity contribution in [3.05, 3.63) is 72.1 Å². The van der Waals surface area contributed by atoms with E-state index >= 15 is 0 Å². The third kappa shape index (κ3) is 5.02. The molecule has 0 saturated carbocycles. The Morgan fingerprint density at radius 1 is 1.00 bits per heavy atom. The summed E-state index contributed by atoms with van der Waals surface area (Å²) in [5.74, 6) is 0.934. The third-order valence-corrected chi connectivity index (χ3v) is 3.84. The minimum atomic E-state index is -0.321. The van der Waals surface area contributed by atoms with Crippen LogP contribution in [-0.2, 0) is 0 Å². The number of nitriles is 1. The summed E-state index contributed by atoms with van der Waals surface area (Å²) in [5, 5.41) is 9.08. The zero-order valence-corrected chi connectivity index (χ0v) is 14.9. The fourth-order valence-electron chi connectivity index (χ4n) is 2.44. The molecule has 0 bridgehead atoms. The van der Waals surface area contributed by atoms with Crippen LogP contribution in [0.25, 0.3) is 11.1 Å². The molecule has 0 aliphatic rings. The van der Waals surface area contributed by atoms with Crippen LogP contribution in [0.15, 0.2) is 54.9 Å². The van der Waals surface area contributed by atoms with E-state index in [0.29, 0.717) is 36.7 Å². The second kappa shape index (κ2) is 8.77. The predicted molar refractivity (Wildman–Crippen MR) is 98.9 cm³/mol. The lowest BCUT2D eigenvalue weighted by Gasteiger charge is -2.12. The summed E-state index contributed by atoms with van der Waals surface area (Å²) in [7, 11) is 0. The monoisotopic (exact) mass is 363 g/mol. The van der Waals surface area contributed by atoms with Crippen LogP contribution in [0.5, 0.6) is 11.5 Å². The van der Waals surface area contributed by atoms with E-state index in [9.17, 15) is 4.39 Å². The Balaban J connectivity index is 1.61. The topological polar surface area (TPSA) is 68.0 Å². The molecule has 27 heavy (non-hydrogen) atoms. The Hall–Kier alpha value is -3.46. The van der Waals surface area contributed by atoms with Crippen molar-refractivity contribution in [3.63, 3.8) is 0 Å². The molecule has 0 spiro atoms. The van der Waals surface area contributed by atoms with Gasteiger partial charge in [0.05, 0.1) is 25.6 Å². The molecule has 0 aliphatic carbocycles. The van der Waals surface area contributed by atoms with Crippen LogP contribution in [0.2, 0.25) is 0 Å². The molecule has 0 N–H and O–H groups in total. The maximum atomic E-state index is 13.2. The van der Waals surface area contributed by atoms with Gasteiger partial charge < -0.3 is 9.47 Å². The van der Waals surface area contributed by atoms with Gasteiger partial charge in [-0.2, -0.15) is 5.26 Å². The van der Waals surface area contributed by atoms with Gasteiger partial charge in [0.1, 0.15) is 29.1 Å². The first-order valence-electron chi connectivity index (χ1n) is 8.50. The molecule has 6 heteroatoms. The van der Waals surface area contributed by atoms with E-state index in [-0.39, 0.29) is 11.5 Å². The number of aryl methyl sites for hydroxylation is 1. The highest BCUT2D eigenvalue weighted by molar-refractivity contribution is 5.70. The van der Waals surface area contributed by atoms with Crippen molar-refractivity contribution >= 4 is 0 Å². The Morgan fingerprint density at radius 3 is 2.48 bits per heavy atom. The van der Waals surface area contributed by atoms with Crippen LogP contribution in [0.4, 0.5) is 4.39 Å². The van der Waals surface area contributed by atoms with Gasteiger partial charge in [-0.05, 0) is 42.8 Å². The van der Waals surface area contributed by atoms with Crippen molar-refractivity contribution in [2.75, 3.05) is 13.2 Å². The van der Waals surface area contributed by atoms with E-state index in [2.05, 4.69) is 9.97 Å². The number of hydrogen-bond acceptors (Lipinski definition) is 5. The number of pyridine rings is 2. The van der Waals surface area contributed by atoms with Crippen molar-refractivity contribution in [2.24, 2.45) is 0 Å². The lowest BCUT2D eigenvalue weighted by atomic mass is 10.1. The van der Waals surface area contributed by atoms with Gasteiger partial charge in [-0.3, -0.25) is 4.98 Å². The number of benzene rings is 1. The molecule has 2 aromatic heterocycles. The van der Waals surface area contributed by atoms with Gasteiger partial charge in [-0.15, -0.1) is 0 Å². The van der Waals surface area contributed by atoms with E-state index in [4.69, 9.17) is 14.7 Å². The largest absolute Gasteiger partial charge is 0.492 e. The highest BCUT2D eigenvalue weighted by atomic mass is 19.1. The second-order valence-corrected chi connectivity index (χ2v) is 5.87. The summed E-state index contributed by atoms with van der Waals surface area (Å²) < 4.78 is 24.6. The first-order valence-corrected chi connectivity index (χ1v) is 8.50. The van der Waals surface area contributed by atoms with Gasteiger partial charge in [0.25, 0.3) is 0 Å². The smallest absolute Gasteiger partial charge is 0.145 e. The fourth-order valence-corrected chi connectivity index (χ4v) is 2.44. The number of nitrogens with zero attached hydrogens (tertiary/aromatic N) is 3. The number of halogens is 1. The van der Waals surface area contributed by atoms with Crippen molar-refractivity contribution in [1.29, 1.82) is 5.26 Å². The Bertz CT molecular complexity index is 935. The first-order chi connectivity index (χ1) is 13.2. The lowest BCUT2D eigenvalue weighted by Crippen LogP contribution is -2.06. The van der Waals surface area contributed by atoms with Crippen LogP contribution in [0.1, 0.15) is 17.8 Å². The summed E-state index contributed by atoms with van der Waals surface area (Å²) in [5.41, 5.74) is 2.67. The van der Waals surface area contributed by atoms with E-state index in [1.54, 1.807) is 24.4 Å². The van der Waals surface area contributed by atoms with Gasteiger partial charge in [0, 0.05) is 17.7 Å². The Kier molecular flexibility index (Phi) is 5.95. The highest BCUT2D eigenvalue weighted by Crippen LogP contribution is 2.30. The molecular formula is C21H18FN3O2. The van der Waals surface area contributed by atoms with E-state index in [1.807, 2.05) is 25.1 Å². The zero-order chi connectivity index (χ0) is 19.1. The minimum Gasteiger partial charge on any atom is -0.492 e. The predicted octanol–water partition coefficient (Wildman–Crippen LogP) is 4.31. The van der Waals surface area contributed by atoms with Gasteiger partial charge in [-0.1, -0.05) is 12.1 Å². The SMILES string of the molecule is Cc1ccc(OCCCOc2cnc(C#N)cc2-c2ccc(F)cc2)cn1. The quantitative estimate of drug-likeness (QED) is 0.585. The maximum absolute atomic E-state index is 13.2. The zero-order valence-electron chi connectivity index (χ0n) is 14.9. The molecule has 0 fully saturated rings. The summed E-state index contributed by atoms with van der Waals surface area (Å²) in [6.45, 7) is 2.82. The van der Waals surface area contributed by atoms with Gasteiger partial charge in [0.2, 0.25) is 0 Å². The molecule has 3 rings (SSSR count). The summed E-state index contributed by atoms with van der Waals surface area (Å²) in [6, 6.07) is 13.4. The van der Waals surface area contributed by atoms with Crippen molar-refractivity contribution in [1.82, 2.24) is 9.97 Å². The van der Waals surface area contributed by atoms with Crippen molar-refractivity contribution in [2.45, 2.75) is 13.3 Å². The average molecular weight is 363 g/mol. The van der Waals surface area contributed by atoms with Crippen LogP contribution in [-0.4, -0.2) is 23.2 Å². The van der Waals surface area contributed by atoms with Gasteiger partial charge in [0.15, 0.2) is 0 Å². The normalized spacial score (nSPS) is 10.3. The molecular weight excluding hydrogens is 345 g/mol. The fraction of sp³-hybridized carbons (Fsp3) is 0.190. The Morgan fingerprint density at radius 2 is 1.78 bits per heavy atom. The van der Waals surface area contributed by atoms with Crippen molar-refractivity contribution < 1.29 is 13.9 Å². The van der Waals surface area contributed by atoms with Crippen LogP contribution < -0.4 is 9.47 Å². The third-order valence-electron chi connectivity index (χ3n) is 3.84. The van der Waals surface area contributed by atoms with Gasteiger partial charge in [-0.25, -0.2) is 9.37 Å². The summed E-state index contributed by atoms with van der Waals surface area (Å²) in [6.07, 6.45) is 3.87. The molecule has 5 nitrogen and oxygen atoms in total. The van der Waals surface area contributed by atoms with Crippen LogP contribution >= 0.6 is 0 Å². The molecule has 1 aromatic carbocycles. The molecule has 0 atom stereocenters. The Labute approximate surface area is 157 Å². The number of rotatable bonds is 7. The number of hydrogen-bond donors (Lipinski definition) is 0. The molecule has 0 saturated heterocycles. The van der Waals surface area contributed by atoms with Crippen molar-refractivity contribution in [3.8, 4) is 28.7 Å². The molecule has 0 aliphatic heterocycles. The van der Waals surface area contributed by atoms with Crippen LogP contribution in [0, 0.1) is 24.1 Å². The minimum absolute atomic E-state index is 0.275. The first kappa shape index (κ1) is 18.3. The van der Waals surface area contributed by atoms with E-state index in [0.717, 1.165) is 11.3 Å². The highest BCUT2D eigenvalue weighted by Gasteiger charge is 2.09. The molecule has 2 heterocycles. The maximum Gasteiger partial charge on any atom is 0.145 e. The van der Waals surface area contributed by atoms with E-state index in [1.165, 1.54) is 18.3 Å².